The average molecular weight is 247 g/mol. The van der Waals surface area contributed by atoms with Crippen molar-refractivity contribution in [2.75, 3.05) is 26.3 Å². The Hall–Kier alpha value is -1.22. The lowest BCUT2D eigenvalue weighted by Crippen LogP contribution is -2.14. The molecule has 2 heterocycles. The molecule has 0 amide bonds. The third kappa shape index (κ3) is 2.32. The largest absolute Gasteiger partial charge is 0.490 e. The molecule has 1 aromatic rings. The van der Waals surface area contributed by atoms with Gasteiger partial charge in [-0.3, -0.25) is 0 Å². The maximum atomic E-state index is 5.76. The van der Waals surface area contributed by atoms with Crippen molar-refractivity contribution in [2.24, 2.45) is 5.92 Å². The summed E-state index contributed by atoms with van der Waals surface area (Å²) in [5, 5.41) is 3.44. The van der Waals surface area contributed by atoms with Crippen LogP contribution in [0.15, 0.2) is 18.2 Å². The van der Waals surface area contributed by atoms with E-state index in [0.29, 0.717) is 5.92 Å². The molecule has 3 rings (SSSR count). The summed E-state index contributed by atoms with van der Waals surface area (Å²) < 4.78 is 11.4. The van der Waals surface area contributed by atoms with Crippen LogP contribution < -0.4 is 14.8 Å². The van der Waals surface area contributed by atoms with Gasteiger partial charge in [0.05, 0.1) is 13.2 Å². The van der Waals surface area contributed by atoms with E-state index >= 15 is 0 Å². The van der Waals surface area contributed by atoms with Crippen LogP contribution in [0.5, 0.6) is 11.5 Å². The third-order valence-corrected chi connectivity index (χ3v) is 4.10. The summed E-state index contributed by atoms with van der Waals surface area (Å²) in [5.74, 6) is 3.14. The lowest BCUT2D eigenvalue weighted by Gasteiger charge is -2.20. The zero-order chi connectivity index (χ0) is 12.4. The van der Waals surface area contributed by atoms with Gasteiger partial charge in [0.25, 0.3) is 0 Å². The number of ether oxygens (including phenoxy) is 2. The zero-order valence-corrected chi connectivity index (χ0v) is 10.9. The fourth-order valence-corrected chi connectivity index (χ4v) is 2.84. The fraction of sp³-hybridized carbons (Fsp3) is 0.600. The van der Waals surface area contributed by atoms with E-state index in [4.69, 9.17) is 9.47 Å². The molecule has 2 unspecified atom stereocenters. The summed E-state index contributed by atoms with van der Waals surface area (Å²) in [4.78, 5) is 0. The standard InChI is InChI=1S/C15H21NO2/c1-11(13-5-6-16-10-13)12-3-4-14-15(9-12)18-8-2-7-17-14/h3-4,9,11,13,16H,2,5-8,10H2,1H3. The van der Waals surface area contributed by atoms with Gasteiger partial charge in [0, 0.05) is 6.42 Å². The molecule has 1 aromatic carbocycles. The molecule has 0 bridgehead atoms. The first-order chi connectivity index (χ1) is 8.84. The predicted octanol–water partition coefficient (Wildman–Crippen LogP) is 2.56. The summed E-state index contributed by atoms with van der Waals surface area (Å²) in [6.07, 6.45) is 2.24. The molecule has 2 atom stereocenters. The first-order valence-corrected chi connectivity index (χ1v) is 6.95. The molecule has 0 radical (unpaired) electrons. The Kier molecular flexibility index (Phi) is 3.41. The lowest BCUT2D eigenvalue weighted by atomic mass is 9.87. The van der Waals surface area contributed by atoms with Gasteiger partial charge in [0.2, 0.25) is 0 Å². The maximum absolute atomic E-state index is 5.76. The van der Waals surface area contributed by atoms with Gasteiger partial charge >= 0.3 is 0 Å². The van der Waals surface area contributed by atoms with E-state index in [2.05, 4.69) is 30.4 Å². The van der Waals surface area contributed by atoms with Crippen LogP contribution in [0.25, 0.3) is 0 Å². The molecule has 1 fully saturated rings. The highest BCUT2D eigenvalue weighted by atomic mass is 16.5. The number of hydrogen-bond acceptors (Lipinski definition) is 3. The second-order valence-corrected chi connectivity index (χ2v) is 5.30. The van der Waals surface area contributed by atoms with Gasteiger partial charge in [-0.15, -0.1) is 0 Å². The first kappa shape index (κ1) is 11.8. The molecule has 2 aliphatic rings. The van der Waals surface area contributed by atoms with Crippen molar-refractivity contribution < 1.29 is 9.47 Å². The molecule has 3 heteroatoms. The highest BCUT2D eigenvalue weighted by molar-refractivity contribution is 5.44. The molecular weight excluding hydrogens is 226 g/mol. The minimum absolute atomic E-state index is 0.581. The Morgan fingerprint density at radius 1 is 1.22 bits per heavy atom. The minimum Gasteiger partial charge on any atom is -0.490 e. The van der Waals surface area contributed by atoms with Gasteiger partial charge in [0.1, 0.15) is 0 Å². The Balaban J connectivity index is 1.82. The predicted molar refractivity (Wildman–Crippen MR) is 71.4 cm³/mol. The van der Waals surface area contributed by atoms with Gasteiger partial charge in [-0.05, 0) is 49.0 Å². The van der Waals surface area contributed by atoms with Crippen LogP contribution in [0.3, 0.4) is 0 Å². The number of hydrogen-bond donors (Lipinski definition) is 1. The molecule has 0 aliphatic carbocycles. The topological polar surface area (TPSA) is 30.5 Å². The first-order valence-electron chi connectivity index (χ1n) is 6.95. The van der Waals surface area contributed by atoms with Gasteiger partial charge in [-0.1, -0.05) is 13.0 Å². The molecule has 2 aliphatic heterocycles. The normalized spacial score (nSPS) is 24.6. The van der Waals surface area contributed by atoms with Gasteiger partial charge < -0.3 is 14.8 Å². The van der Waals surface area contributed by atoms with Crippen molar-refractivity contribution in [3.63, 3.8) is 0 Å². The quantitative estimate of drug-likeness (QED) is 0.871. The van der Waals surface area contributed by atoms with Crippen molar-refractivity contribution in [3.05, 3.63) is 23.8 Å². The van der Waals surface area contributed by atoms with E-state index in [1.165, 1.54) is 12.0 Å². The highest BCUT2D eigenvalue weighted by Crippen LogP contribution is 2.36. The summed E-state index contributed by atoms with van der Waals surface area (Å²) in [6.45, 7) is 6.12. The zero-order valence-electron chi connectivity index (χ0n) is 10.9. The van der Waals surface area contributed by atoms with E-state index in [9.17, 15) is 0 Å². The summed E-state index contributed by atoms with van der Waals surface area (Å²) in [7, 11) is 0. The Morgan fingerprint density at radius 2 is 2.06 bits per heavy atom. The van der Waals surface area contributed by atoms with Crippen LogP contribution in [0.4, 0.5) is 0 Å². The summed E-state index contributed by atoms with van der Waals surface area (Å²) in [6, 6.07) is 6.43. The molecule has 18 heavy (non-hydrogen) atoms. The summed E-state index contributed by atoms with van der Waals surface area (Å²) >= 11 is 0. The smallest absolute Gasteiger partial charge is 0.161 e. The van der Waals surface area contributed by atoms with Gasteiger partial charge in [0.15, 0.2) is 11.5 Å². The van der Waals surface area contributed by atoms with Crippen molar-refractivity contribution >= 4 is 0 Å². The molecule has 0 spiro atoms. The van der Waals surface area contributed by atoms with Crippen LogP contribution in [-0.2, 0) is 0 Å². The van der Waals surface area contributed by atoms with E-state index in [1.807, 2.05) is 0 Å². The number of nitrogens with one attached hydrogen (secondary N) is 1. The van der Waals surface area contributed by atoms with Crippen molar-refractivity contribution in [1.82, 2.24) is 5.32 Å². The van der Waals surface area contributed by atoms with E-state index in [0.717, 1.165) is 50.1 Å². The average Bonchev–Trinajstić information content (AvgIpc) is 2.83. The van der Waals surface area contributed by atoms with Crippen molar-refractivity contribution in [2.45, 2.75) is 25.7 Å². The number of rotatable bonds is 2. The van der Waals surface area contributed by atoms with Crippen LogP contribution >= 0.6 is 0 Å². The van der Waals surface area contributed by atoms with E-state index in [-0.39, 0.29) is 0 Å². The second-order valence-electron chi connectivity index (χ2n) is 5.30. The van der Waals surface area contributed by atoms with Crippen LogP contribution in [-0.4, -0.2) is 26.3 Å². The van der Waals surface area contributed by atoms with Gasteiger partial charge in [-0.2, -0.15) is 0 Å². The second kappa shape index (κ2) is 5.19. The van der Waals surface area contributed by atoms with Crippen LogP contribution in [0.1, 0.15) is 31.2 Å². The molecule has 0 aromatic heterocycles. The molecule has 0 saturated carbocycles. The van der Waals surface area contributed by atoms with Crippen molar-refractivity contribution in [1.29, 1.82) is 0 Å². The lowest BCUT2D eigenvalue weighted by molar-refractivity contribution is 0.297. The highest BCUT2D eigenvalue weighted by Gasteiger charge is 2.23. The molecule has 1 N–H and O–H groups in total. The summed E-state index contributed by atoms with van der Waals surface area (Å²) in [5.41, 5.74) is 1.37. The molecule has 3 nitrogen and oxygen atoms in total. The van der Waals surface area contributed by atoms with E-state index < -0.39 is 0 Å². The molecular formula is C15H21NO2. The SMILES string of the molecule is CC(c1ccc2c(c1)OCCCO2)C1CCNC1. The maximum Gasteiger partial charge on any atom is 0.161 e. The minimum atomic E-state index is 0.581. The monoisotopic (exact) mass is 247 g/mol. The number of fused-ring (bicyclic) bond motifs is 1. The van der Waals surface area contributed by atoms with Gasteiger partial charge in [-0.25, -0.2) is 0 Å². The van der Waals surface area contributed by atoms with Crippen LogP contribution in [0, 0.1) is 5.92 Å². The van der Waals surface area contributed by atoms with Crippen LogP contribution in [0.2, 0.25) is 0 Å². The third-order valence-electron chi connectivity index (χ3n) is 4.10. The molecule has 98 valence electrons. The Morgan fingerprint density at radius 3 is 2.83 bits per heavy atom. The molecule has 1 saturated heterocycles. The van der Waals surface area contributed by atoms with Crippen molar-refractivity contribution in [3.8, 4) is 11.5 Å². The Bertz CT molecular complexity index is 413. The number of benzene rings is 1. The Labute approximate surface area is 108 Å². The van der Waals surface area contributed by atoms with E-state index in [1.54, 1.807) is 0 Å². The fourth-order valence-electron chi connectivity index (χ4n) is 2.84.